The highest BCUT2D eigenvalue weighted by Crippen LogP contribution is 2.46. The minimum absolute atomic E-state index is 0.101. The lowest BCUT2D eigenvalue weighted by atomic mass is 9.93. The standard InChI is InChI=1S/C45H27N3OS/c1-4-13-28(14-5-1)32-25-37(41-36-19-10-11-22-39(36)50-40(41)27-32)35-21-12-20-34-33-24-23-31(26-38(33)49-42(34)35)45-47-43(29-15-6-2-7-16-29)46-44(48-45)30-17-8-3-9-18-30/h1-27H/i1D,4D,5D,10D,11D,13D,14D,19D,22D,25D,27D. The summed E-state index contributed by atoms with van der Waals surface area (Å²) in [6.07, 6.45) is 0. The van der Waals surface area contributed by atoms with Crippen molar-refractivity contribution >= 4 is 53.4 Å². The monoisotopic (exact) mass is 668 g/mol. The molecule has 0 radical (unpaired) electrons. The van der Waals surface area contributed by atoms with Crippen LogP contribution in [-0.2, 0) is 0 Å². The van der Waals surface area contributed by atoms with E-state index in [4.69, 9.17) is 31.7 Å². The molecule has 0 atom stereocenters. The van der Waals surface area contributed by atoms with Crippen molar-refractivity contribution in [3.05, 3.63) is 164 Å². The van der Waals surface area contributed by atoms with Gasteiger partial charge in [0.05, 0.1) is 15.1 Å². The van der Waals surface area contributed by atoms with Gasteiger partial charge in [-0.2, -0.15) is 0 Å². The first kappa shape index (κ1) is 19.5. The number of hydrogen-bond acceptors (Lipinski definition) is 5. The molecule has 0 N–H and O–H groups in total. The molecule has 0 bridgehead atoms. The van der Waals surface area contributed by atoms with Crippen molar-refractivity contribution in [2.45, 2.75) is 0 Å². The summed E-state index contributed by atoms with van der Waals surface area (Å²) in [7, 11) is 0. The van der Waals surface area contributed by atoms with E-state index >= 15 is 0 Å². The molecule has 0 aliphatic carbocycles. The SMILES string of the molecule is [2H]c1c([2H])c([2H])c(-c2c([2H])c(-c3cccc4c3oc3cc(-c5nc(-c6ccccc6)nc(-c6ccccc6)n5)ccc34)c3c(sc4c([2H])c([2H])c([2H])c([2H])c43)c2[2H])c([2H])c1[2H]. The maximum Gasteiger partial charge on any atom is 0.164 e. The number of benzene rings is 7. The van der Waals surface area contributed by atoms with Crippen molar-refractivity contribution in [3.8, 4) is 56.4 Å². The highest BCUT2D eigenvalue weighted by atomic mass is 32.1. The molecule has 3 heterocycles. The Labute approximate surface area is 307 Å². The average Bonchev–Trinajstić information content (AvgIpc) is 3.87. The fourth-order valence-corrected chi connectivity index (χ4v) is 7.27. The van der Waals surface area contributed by atoms with Crippen LogP contribution < -0.4 is 0 Å². The zero-order chi connectivity index (χ0) is 42.6. The average molecular weight is 669 g/mol. The van der Waals surface area contributed by atoms with Gasteiger partial charge in [-0.25, -0.2) is 15.0 Å². The van der Waals surface area contributed by atoms with Crippen molar-refractivity contribution in [1.82, 2.24) is 15.0 Å². The fourth-order valence-electron chi connectivity index (χ4n) is 6.25. The van der Waals surface area contributed by atoms with E-state index < -0.39 is 42.3 Å². The Morgan fingerprint density at radius 1 is 0.480 bits per heavy atom. The summed E-state index contributed by atoms with van der Waals surface area (Å²) >= 11 is 0.926. The maximum absolute atomic E-state index is 9.80. The Morgan fingerprint density at radius 2 is 1.16 bits per heavy atom. The topological polar surface area (TPSA) is 51.8 Å². The van der Waals surface area contributed by atoms with Crippen LogP contribution in [0.1, 0.15) is 15.1 Å². The van der Waals surface area contributed by atoms with Gasteiger partial charge in [0.1, 0.15) is 11.2 Å². The molecule has 0 fully saturated rings. The summed E-state index contributed by atoms with van der Waals surface area (Å²) in [5, 5.41) is 1.66. The van der Waals surface area contributed by atoms with Gasteiger partial charge >= 0.3 is 0 Å². The zero-order valence-electron chi connectivity index (χ0n) is 36.9. The number of thiophene rings is 1. The van der Waals surface area contributed by atoms with Gasteiger partial charge in [-0.15, -0.1) is 11.3 Å². The molecule has 0 aliphatic heterocycles. The molecule has 7 aromatic carbocycles. The van der Waals surface area contributed by atoms with Crippen molar-refractivity contribution in [2.75, 3.05) is 0 Å². The maximum atomic E-state index is 9.80. The van der Waals surface area contributed by atoms with Crippen molar-refractivity contribution in [2.24, 2.45) is 0 Å². The minimum Gasteiger partial charge on any atom is -0.455 e. The van der Waals surface area contributed by atoms with E-state index in [2.05, 4.69) is 0 Å². The lowest BCUT2D eigenvalue weighted by Gasteiger charge is -2.10. The van der Waals surface area contributed by atoms with E-state index in [-0.39, 0.29) is 61.0 Å². The van der Waals surface area contributed by atoms with Crippen LogP contribution >= 0.6 is 11.3 Å². The predicted molar refractivity (Wildman–Crippen MR) is 207 cm³/mol. The van der Waals surface area contributed by atoms with Crippen molar-refractivity contribution in [1.29, 1.82) is 0 Å². The second-order valence-electron chi connectivity index (χ2n) is 11.5. The Kier molecular flexibility index (Phi) is 4.54. The van der Waals surface area contributed by atoms with E-state index in [0.29, 0.717) is 50.5 Å². The Morgan fingerprint density at radius 3 is 1.90 bits per heavy atom. The van der Waals surface area contributed by atoms with Crippen molar-refractivity contribution < 1.29 is 19.5 Å². The lowest BCUT2D eigenvalue weighted by molar-refractivity contribution is 0.670. The van der Waals surface area contributed by atoms with Gasteiger partial charge in [0.2, 0.25) is 0 Å². The number of fused-ring (bicyclic) bond motifs is 6. The Bertz CT molecular complexity index is 3420. The van der Waals surface area contributed by atoms with Crippen LogP contribution in [-0.4, -0.2) is 15.0 Å². The molecule has 10 rings (SSSR count). The van der Waals surface area contributed by atoms with Gasteiger partial charge in [-0.05, 0) is 47.0 Å². The summed E-state index contributed by atoms with van der Waals surface area (Å²) in [6.45, 7) is 0. The summed E-state index contributed by atoms with van der Waals surface area (Å²) in [5.41, 5.74) is 2.89. The van der Waals surface area contributed by atoms with Crippen LogP contribution in [0.25, 0.3) is 98.5 Å². The van der Waals surface area contributed by atoms with E-state index in [1.807, 2.05) is 84.9 Å². The van der Waals surface area contributed by atoms with Gasteiger partial charge in [-0.3, -0.25) is 0 Å². The second kappa shape index (κ2) is 11.6. The molecule has 50 heavy (non-hydrogen) atoms. The molecule has 4 nitrogen and oxygen atoms in total. The number of hydrogen-bond donors (Lipinski definition) is 0. The fraction of sp³-hybridized carbons (Fsp3) is 0. The summed E-state index contributed by atoms with van der Waals surface area (Å²) in [4.78, 5) is 14.5. The Balaban J connectivity index is 1.27. The summed E-state index contributed by atoms with van der Waals surface area (Å²) < 4.78 is 104. The highest BCUT2D eigenvalue weighted by Gasteiger charge is 2.19. The first-order valence-corrected chi connectivity index (χ1v) is 16.5. The number of para-hydroxylation sites is 1. The Hall–Kier alpha value is -6.43. The van der Waals surface area contributed by atoms with Crippen molar-refractivity contribution in [3.63, 3.8) is 0 Å². The first-order valence-electron chi connectivity index (χ1n) is 21.2. The van der Waals surface area contributed by atoms with E-state index in [1.54, 1.807) is 12.1 Å². The molecule has 5 heteroatoms. The van der Waals surface area contributed by atoms with Gasteiger partial charge < -0.3 is 4.42 Å². The molecule has 0 aliphatic rings. The lowest BCUT2D eigenvalue weighted by Crippen LogP contribution is -2.00. The number of furan rings is 1. The number of aromatic nitrogens is 3. The highest BCUT2D eigenvalue weighted by molar-refractivity contribution is 7.26. The van der Waals surface area contributed by atoms with Gasteiger partial charge in [0.15, 0.2) is 17.5 Å². The molecule has 0 saturated carbocycles. The molecule has 0 saturated heterocycles. The first-order chi connectivity index (χ1) is 29.3. The molecule has 3 aromatic heterocycles. The molecular formula is C45H27N3OS. The largest absolute Gasteiger partial charge is 0.455 e. The molecule has 10 aromatic rings. The van der Waals surface area contributed by atoms with Crippen LogP contribution in [0, 0.1) is 0 Å². The van der Waals surface area contributed by atoms with Crippen LogP contribution in [0.2, 0.25) is 0 Å². The van der Waals surface area contributed by atoms with Crippen LogP contribution in [0.5, 0.6) is 0 Å². The zero-order valence-corrected chi connectivity index (χ0v) is 26.7. The van der Waals surface area contributed by atoms with Crippen LogP contribution in [0.3, 0.4) is 0 Å². The van der Waals surface area contributed by atoms with Gasteiger partial charge in [-0.1, -0.05) is 133 Å². The predicted octanol–water partition coefficient (Wildman–Crippen LogP) is 12.5. The number of nitrogens with zero attached hydrogens (tertiary/aromatic N) is 3. The van der Waals surface area contributed by atoms with Crippen LogP contribution in [0.4, 0.5) is 0 Å². The minimum atomic E-state index is -0.632. The third-order valence-electron chi connectivity index (χ3n) is 8.55. The molecular weight excluding hydrogens is 631 g/mol. The smallest absolute Gasteiger partial charge is 0.164 e. The summed E-state index contributed by atoms with van der Waals surface area (Å²) in [6, 6.07) is 24.6. The third kappa shape index (κ3) is 4.79. The van der Waals surface area contributed by atoms with Gasteiger partial charge in [0.25, 0.3) is 0 Å². The van der Waals surface area contributed by atoms with E-state index in [0.717, 1.165) is 22.5 Å². The van der Waals surface area contributed by atoms with Gasteiger partial charge in [0, 0.05) is 53.2 Å². The quantitative estimate of drug-likeness (QED) is 0.183. The van der Waals surface area contributed by atoms with E-state index in [9.17, 15) is 2.74 Å². The molecule has 234 valence electrons. The normalized spacial score (nSPS) is 14.7. The second-order valence-corrected chi connectivity index (χ2v) is 12.6. The molecule has 0 spiro atoms. The third-order valence-corrected chi connectivity index (χ3v) is 9.57. The number of rotatable bonds is 5. The molecule has 0 unspecified atom stereocenters. The van der Waals surface area contributed by atoms with E-state index in [1.165, 1.54) is 0 Å². The van der Waals surface area contributed by atoms with Crippen LogP contribution in [0.15, 0.2) is 168 Å². The summed E-state index contributed by atoms with van der Waals surface area (Å²) in [5.74, 6) is 1.37. The molecule has 0 amide bonds.